The zero-order valence-corrected chi connectivity index (χ0v) is 9.58. The standard InChI is InChI=1S/C11H11NO6/c1-2-4-9(13)18-8-6-3-5-7(12(16)17)10(8)11(14)15/h3,5-6H,2,4H2,1H3,(H,14,15). The molecule has 1 rings (SSSR count). The number of carboxylic acid groups (broad SMARTS) is 1. The van der Waals surface area contributed by atoms with Gasteiger partial charge in [0, 0.05) is 12.5 Å². The van der Waals surface area contributed by atoms with Gasteiger partial charge in [0.2, 0.25) is 0 Å². The van der Waals surface area contributed by atoms with E-state index in [9.17, 15) is 19.7 Å². The monoisotopic (exact) mass is 253 g/mol. The number of hydrogen-bond donors (Lipinski definition) is 1. The van der Waals surface area contributed by atoms with Crippen LogP contribution in [0.1, 0.15) is 30.1 Å². The average Bonchev–Trinajstić information content (AvgIpc) is 2.28. The molecule has 0 aliphatic rings. The van der Waals surface area contributed by atoms with Crippen LogP contribution in [0.5, 0.6) is 5.75 Å². The van der Waals surface area contributed by atoms with Crippen molar-refractivity contribution in [2.24, 2.45) is 0 Å². The van der Waals surface area contributed by atoms with Crippen LogP contribution in [-0.4, -0.2) is 22.0 Å². The number of benzene rings is 1. The maximum absolute atomic E-state index is 11.3. The topological polar surface area (TPSA) is 107 Å². The molecular weight excluding hydrogens is 242 g/mol. The Morgan fingerprint density at radius 3 is 2.61 bits per heavy atom. The summed E-state index contributed by atoms with van der Waals surface area (Å²) in [6.45, 7) is 1.76. The van der Waals surface area contributed by atoms with Gasteiger partial charge in [0.15, 0.2) is 11.3 Å². The van der Waals surface area contributed by atoms with Crippen molar-refractivity contribution in [1.29, 1.82) is 0 Å². The number of carbonyl (C=O) groups is 2. The molecule has 0 unspecified atom stereocenters. The van der Waals surface area contributed by atoms with Crippen LogP contribution in [0.2, 0.25) is 0 Å². The lowest BCUT2D eigenvalue weighted by molar-refractivity contribution is -0.385. The van der Waals surface area contributed by atoms with Crippen LogP contribution < -0.4 is 4.74 Å². The van der Waals surface area contributed by atoms with Gasteiger partial charge in [-0.3, -0.25) is 14.9 Å². The SMILES string of the molecule is CCCC(=O)Oc1cccc([N+](=O)[O-])c1C(=O)O. The van der Waals surface area contributed by atoms with E-state index in [0.29, 0.717) is 6.42 Å². The average molecular weight is 253 g/mol. The second-order valence-corrected chi connectivity index (χ2v) is 3.44. The molecule has 0 spiro atoms. The molecule has 0 radical (unpaired) electrons. The van der Waals surface area contributed by atoms with Crippen LogP contribution in [0.15, 0.2) is 18.2 Å². The van der Waals surface area contributed by atoms with Gasteiger partial charge in [0.05, 0.1) is 4.92 Å². The summed E-state index contributed by atoms with van der Waals surface area (Å²) in [4.78, 5) is 32.1. The summed E-state index contributed by atoms with van der Waals surface area (Å²) in [7, 11) is 0. The number of esters is 1. The molecule has 0 heterocycles. The Morgan fingerprint density at radius 1 is 1.44 bits per heavy atom. The molecule has 0 aliphatic carbocycles. The van der Waals surface area contributed by atoms with Crippen LogP contribution in [0.3, 0.4) is 0 Å². The fourth-order valence-corrected chi connectivity index (χ4v) is 1.35. The molecule has 1 N–H and O–H groups in total. The van der Waals surface area contributed by atoms with E-state index in [1.165, 1.54) is 12.1 Å². The molecule has 7 heteroatoms. The normalized spacial score (nSPS) is 9.83. The lowest BCUT2D eigenvalue weighted by Crippen LogP contribution is -2.12. The molecule has 96 valence electrons. The third kappa shape index (κ3) is 3.03. The van der Waals surface area contributed by atoms with Gasteiger partial charge in [-0.05, 0) is 12.5 Å². The Balaban J connectivity index is 3.19. The van der Waals surface area contributed by atoms with Crippen LogP contribution in [0.25, 0.3) is 0 Å². The predicted molar refractivity (Wildman–Crippen MR) is 60.6 cm³/mol. The van der Waals surface area contributed by atoms with E-state index in [0.717, 1.165) is 6.07 Å². The molecule has 18 heavy (non-hydrogen) atoms. The lowest BCUT2D eigenvalue weighted by Gasteiger charge is -2.06. The Hall–Kier alpha value is -2.44. The predicted octanol–water partition coefficient (Wildman–Crippen LogP) is 2.00. The highest BCUT2D eigenvalue weighted by atomic mass is 16.6. The molecule has 0 fully saturated rings. The fourth-order valence-electron chi connectivity index (χ4n) is 1.35. The maximum atomic E-state index is 11.3. The van der Waals surface area contributed by atoms with Crippen molar-refractivity contribution in [2.45, 2.75) is 19.8 Å². The van der Waals surface area contributed by atoms with Gasteiger partial charge in [-0.2, -0.15) is 0 Å². The number of carboxylic acids is 1. The smallest absolute Gasteiger partial charge is 0.346 e. The van der Waals surface area contributed by atoms with Crippen LogP contribution in [0.4, 0.5) is 5.69 Å². The molecular formula is C11H11NO6. The number of rotatable bonds is 5. The van der Waals surface area contributed by atoms with Gasteiger partial charge in [-0.1, -0.05) is 13.0 Å². The first-order valence-electron chi connectivity index (χ1n) is 5.18. The Bertz CT molecular complexity index is 496. The number of aromatic carboxylic acids is 1. The quantitative estimate of drug-likeness (QED) is 0.372. The minimum Gasteiger partial charge on any atom is -0.477 e. The van der Waals surface area contributed by atoms with E-state index < -0.39 is 28.1 Å². The number of nitro groups is 1. The van der Waals surface area contributed by atoms with Gasteiger partial charge in [0.1, 0.15) is 0 Å². The number of nitrogens with zero attached hydrogens (tertiary/aromatic N) is 1. The van der Waals surface area contributed by atoms with Gasteiger partial charge in [-0.15, -0.1) is 0 Å². The highest BCUT2D eigenvalue weighted by Gasteiger charge is 2.25. The van der Waals surface area contributed by atoms with E-state index in [-0.39, 0.29) is 12.2 Å². The van der Waals surface area contributed by atoms with Crippen molar-refractivity contribution in [3.63, 3.8) is 0 Å². The number of nitro benzene ring substituents is 1. The first-order valence-corrected chi connectivity index (χ1v) is 5.18. The van der Waals surface area contributed by atoms with Crippen LogP contribution >= 0.6 is 0 Å². The van der Waals surface area contributed by atoms with Gasteiger partial charge >= 0.3 is 11.9 Å². The van der Waals surface area contributed by atoms with E-state index >= 15 is 0 Å². The summed E-state index contributed by atoms with van der Waals surface area (Å²) in [6, 6.07) is 3.52. The van der Waals surface area contributed by atoms with Crippen LogP contribution in [0, 0.1) is 10.1 Å². The van der Waals surface area contributed by atoms with Crippen molar-refractivity contribution in [3.8, 4) is 5.75 Å². The molecule has 0 atom stereocenters. The number of hydrogen-bond acceptors (Lipinski definition) is 5. The van der Waals surface area contributed by atoms with Crippen molar-refractivity contribution >= 4 is 17.6 Å². The van der Waals surface area contributed by atoms with Crippen molar-refractivity contribution in [3.05, 3.63) is 33.9 Å². The van der Waals surface area contributed by atoms with Crippen molar-refractivity contribution in [1.82, 2.24) is 0 Å². The highest BCUT2D eigenvalue weighted by Crippen LogP contribution is 2.28. The minimum atomic E-state index is -1.51. The molecule has 0 saturated heterocycles. The summed E-state index contributed by atoms with van der Waals surface area (Å²) in [5, 5.41) is 19.6. The maximum Gasteiger partial charge on any atom is 0.346 e. The molecule has 0 saturated carbocycles. The third-order valence-electron chi connectivity index (χ3n) is 2.09. The molecule has 0 aromatic heterocycles. The van der Waals surface area contributed by atoms with Crippen molar-refractivity contribution in [2.75, 3.05) is 0 Å². The Kier molecular flexibility index (Phi) is 4.36. The molecule has 7 nitrogen and oxygen atoms in total. The molecule has 0 bridgehead atoms. The zero-order valence-electron chi connectivity index (χ0n) is 9.58. The van der Waals surface area contributed by atoms with E-state index in [1.54, 1.807) is 6.92 Å². The van der Waals surface area contributed by atoms with E-state index in [4.69, 9.17) is 9.84 Å². The van der Waals surface area contributed by atoms with Gasteiger partial charge in [0.25, 0.3) is 5.69 Å². The Morgan fingerprint density at radius 2 is 2.11 bits per heavy atom. The zero-order chi connectivity index (χ0) is 13.7. The summed E-state index contributed by atoms with van der Waals surface area (Å²) in [6.07, 6.45) is 0.651. The Labute approximate surface area is 102 Å². The molecule has 1 aromatic carbocycles. The van der Waals surface area contributed by atoms with Gasteiger partial charge < -0.3 is 9.84 Å². The van der Waals surface area contributed by atoms with Gasteiger partial charge in [-0.25, -0.2) is 4.79 Å². The second-order valence-electron chi connectivity index (χ2n) is 3.44. The minimum absolute atomic E-state index is 0.113. The van der Waals surface area contributed by atoms with E-state index in [1.807, 2.05) is 0 Å². The molecule has 1 aromatic rings. The molecule has 0 aliphatic heterocycles. The number of carbonyl (C=O) groups excluding carboxylic acids is 1. The number of ether oxygens (including phenoxy) is 1. The summed E-state index contributed by atoms with van der Waals surface area (Å²) in [5.41, 5.74) is -1.23. The van der Waals surface area contributed by atoms with Crippen molar-refractivity contribution < 1.29 is 24.4 Å². The highest BCUT2D eigenvalue weighted by molar-refractivity contribution is 5.96. The first-order chi connectivity index (χ1) is 8.47. The second kappa shape index (κ2) is 5.76. The fraction of sp³-hybridized carbons (Fsp3) is 0.273. The van der Waals surface area contributed by atoms with E-state index in [2.05, 4.69) is 0 Å². The first kappa shape index (κ1) is 13.6. The third-order valence-corrected chi connectivity index (χ3v) is 2.09. The lowest BCUT2D eigenvalue weighted by atomic mass is 10.1. The summed E-state index contributed by atoms with van der Waals surface area (Å²) < 4.78 is 4.81. The molecule has 0 amide bonds. The van der Waals surface area contributed by atoms with Crippen LogP contribution in [-0.2, 0) is 4.79 Å². The summed E-state index contributed by atoms with van der Waals surface area (Å²) in [5.74, 6) is -2.45. The largest absolute Gasteiger partial charge is 0.477 e. The summed E-state index contributed by atoms with van der Waals surface area (Å²) >= 11 is 0.